The monoisotopic (exact) mass is 584 g/mol. The first-order chi connectivity index (χ1) is 19.4. The van der Waals surface area contributed by atoms with Crippen LogP contribution in [0.3, 0.4) is 0 Å². The second-order valence-corrected chi connectivity index (χ2v) is 12.2. The van der Waals surface area contributed by atoms with Crippen LogP contribution in [0.25, 0.3) is 0 Å². The molecule has 236 valence electrons. The van der Waals surface area contributed by atoms with Gasteiger partial charge in [0.05, 0.1) is 30.8 Å². The number of hydrogen-bond acceptors (Lipinski definition) is 10. The molecule has 3 fully saturated rings. The molecule has 3 saturated heterocycles. The molecule has 0 aliphatic carbocycles. The molecule has 10 heteroatoms. The number of carbonyl (C=O) groups is 1. The molecule has 0 unspecified atom stereocenters. The van der Waals surface area contributed by atoms with Gasteiger partial charge >= 0.3 is 5.97 Å². The lowest BCUT2D eigenvalue weighted by Crippen LogP contribution is -2.60. The van der Waals surface area contributed by atoms with Gasteiger partial charge in [0.15, 0.2) is 12.1 Å². The van der Waals surface area contributed by atoms with Gasteiger partial charge in [0, 0.05) is 33.5 Å². The summed E-state index contributed by atoms with van der Waals surface area (Å²) in [5.41, 5.74) is -0.908. The van der Waals surface area contributed by atoms with Crippen molar-refractivity contribution in [2.45, 2.75) is 146 Å². The third-order valence-corrected chi connectivity index (χ3v) is 8.56. The third-order valence-electron chi connectivity index (χ3n) is 8.56. The minimum Gasteiger partial charge on any atom is -0.459 e. The molecule has 0 aromatic rings. The number of allylic oxidation sites excluding steroid dienone is 4. The number of rotatable bonds is 9. The highest BCUT2D eigenvalue weighted by Crippen LogP contribution is 2.38. The van der Waals surface area contributed by atoms with E-state index in [1.807, 2.05) is 32.1 Å². The van der Waals surface area contributed by atoms with Crippen molar-refractivity contribution in [2.75, 3.05) is 14.2 Å². The first kappa shape index (κ1) is 34.1. The summed E-state index contributed by atoms with van der Waals surface area (Å²) >= 11 is 0. The minimum atomic E-state index is -1.80. The van der Waals surface area contributed by atoms with Crippen LogP contribution in [-0.4, -0.2) is 95.9 Å². The van der Waals surface area contributed by atoms with Crippen molar-refractivity contribution in [3.8, 4) is 0 Å². The molecule has 3 aliphatic rings. The maximum atomic E-state index is 13.2. The van der Waals surface area contributed by atoms with Crippen molar-refractivity contribution in [3.63, 3.8) is 0 Å². The zero-order valence-corrected chi connectivity index (χ0v) is 25.6. The summed E-state index contributed by atoms with van der Waals surface area (Å²) in [6, 6.07) is 0. The van der Waals surface area contributed by atoms with Crippen LogP contribution in [0.1, 0.15) is 85.5 Å². The van der Waals surface area contributed by atoms with Gasteiger partial charge in [-0.15, -0.1) is 0 Å². The molecule has 3 heterocycles. The number of esters is 1. The fourth-order valence-corrected chi connectivity index (χ4v) is 6.20. The normalized spacial score (nSPS) is 43.0. The lowest BCUT2D eigenvalue weighted by atomic mass is 9.84. The number of cyclic esters (lactones) is 1. The average molecular weight is 585 g/mol. The second-order valence-electron chi connectivity index (χ2n) is 12.2. The van der Waals surface area contributed by atoms with E-state index in [4.69, 9.17) is 28.4 Å². The topological polar surface area (TPSA) is 133 Å². The number of carbonyl (C=O) groups excluding carboxylic acids is 1. The van der Waals surface area contributed by atoms with E-state index < -0.39 is 66.4 Å². The molecule has 0 spiro atoms. The number of hydrogen-bond donors (Lipinski definition) is 3. The largest absolute Gasteiger partial charge is 0.459 e. The molecular weight excluding hydrogens is 532 g/mol. The van der Waals surface area contributed by atoms with E-state index in [0.717, 1.165) is 6.42 Å². The quantitative estimate of drug-likeness (QED) is 0.273. The number of methoxy groups -OCH3 is 2. The Morgan fingerprint density at radius 1 is 1.05 bits per heavy atom. The van der Waals surface area contributed by atoms with E-state index in [-0.39, 0.29) is 18.8 Å². The van der Waals surface area contributed by atoms with E-state index in [2.05, 4.69) is 13.0 Å². The Hall–Kier alpha value is -1.37. The smallest absolute Gasteiger partial charge is 0.311 e. The fraction of sp³-hybridized carbons (Fsp3) is 0.839. The van der Waals surface area contributed by atoms with E-state index in [1.54, 1.807) is 6.92 Å². The number of aliphatic hydroxyl groups is 3. The molecule has 0 radical (unpaired) electrons. The molecule has 0 saturated carbocycles. The van der Waals surface area contributed by atoms with Crippen LogP contribution in [-0.2, 0) is 33.2 Å². The average Bonchev–Trinajstić information content (AvgIpc) is 2.88. The molecule has 3 aliphatic heterocycles. The molecule has 3 rings (SSSR count). The summed E-state index contributed by atoms with van der Waals surface area (Å²) in [4.78, 5) is 13.2. The van der Waals surface area contributed by atoms with Crippen LogP contribution in [0.5, 0.6) is 0 Å². The standard InChI is InChI=1S/C31H52O10/c1-7-8-9-10-11-12-15-30(4)18-24(32)20(2)13-14-22-16-23(17-31(35,40-22)19-25(33)41-30)39-29-28(37-6)26(34)27(36-5)21(3)38-29/h8-11,20-24,26-29,32,34-35H,7,12-19H2,1-6H3/b9-8+,11-10+/t20-,21+,22+,23-,24+,26-,27+,28-,29-,30-,31+/m1/s1. The van der Waals surface area contributed by atoms with Crippen molar-refractivity contribution in [3.05, 3.63) is 24.3 Å². The fourth-order valence-electron chi connectivity index (χ4n) is 6.20. The van der Waals surface area contributed by atoms with Crippen molar-refractivity contribution in [2.24, 2.45) is 5.92 Å². The summed E-state index contributed by atoms with van der Waals surface area (Å²) in [6.07, 6.45) is 6.53. The molecule has 0 aromatic heterocycles. The Balaban J connectivity index is 1.75. The number of fused-ring (bicyclic) bond motifs is 2. The van der Waals surface area contributed by atoms with Gasteiger partial charge < -0.3 is 43.7 Å². The first-order valence-corrected chi connectivity index (χ1v) is 15.1. The molecule has 3 N–H and O–H groups in total. The maximum Gasteiger partial charge on any atom is 0.311 e. The SMILES string of the molecule is CC/C=C/C=C/CC[C@]1(C)C[C@H](O)[C@H](C)CC[C@H]2C[C@@H](O[C@H]3O[C@@H](C)[C@H](OC)[C@@H](O)[C@H]3OC)C[C@@](O)(CC(=O)O1)O2. The zero-order valence-electron chi connectivity index (χ0n) is 25.6. The molecule has 41 heavy (non-hydrogen) atoms. The molecule has 0 amide bonds. The van der Waals surface area contributed by atoms with E-state index in [0.29, 0.717) is 38.5 Å². The van der Waals surface area contributed by atoms with E-state index in [9.17, 15) is 20.1 Å². The van der Waals surface area contributed by atoms with Crippen LogP contribution in [0, 0.1) is 5.92 Å². The van der Waals surface area contributed by atoms with Crippen LogP contribution in [0.2, 0.25) is 0 Å². The number of ether oxygens (including phenoxy) is 6. The van der Waals surface area contributed by atoms with Gasteiger partial charge in [0.1, 0.15) is 23.9 Å². The molecular formula is C31H52O10. The second kappa shape index (κ2) is 15.4. The van der Waals surface area contributed by atoms with Crippen LogP contribution in [0.4, 0.5) is 0 Å². The van der Waals surface area contributed by atoms with Crippen molar-refractivity contribution in [1.29, 1.82) is 0 Å². The Bertz CT molecular complexity index is 879. The van der Waals surface area contributed by atoms with Crippen molar-refractivity contribution >= 4 is 5.97 Å². The lowest BCUT2D eigenvalue weighted by molar-refractivity contribution is -0.337. The number of aliphatic hydroxyl groups excluding tert-OH is 2. The molecule has 11 atom stereocenters. The van der Waals surface area contributed by atoms with Gasteiger partial charge in [0.25, 0.3) is 0 Å². The van der Waals surface area contributed by atoms with Gasteiger partial charge in [-0.05, 0) is 51.9 Å². The molecule has 10 nitrogen and oxygen atoms in total. The summed E-state index contributed by atoms with van der Waals surface area (Å²) in [5.74, 6) is -2.47. The first-order valence-electron chi connectivity index (χ1n) is 15.1. The van der Waals surface area contributed by atoms with Gasteiger partial charge in [-0.25, -0.2) is 0 Å². The lowest BCUT2D eigenvalue weighted by Gasteiger charge is -2.46. The van der Waals surface area contributed by atoms with Gasteiger partial charge in [0.2, 0.25) is 0 Å². The Morgan fingerprint density at radius 2 is 1.76 bits per heavy atom. The maximum absolute atomic E-state index is 13.2. The van der Waals surface area contributed by atoms with Gasteiger partial charge in [-0.2, -0.15) is 0 Å². The zero-order chi connectivity index (χ0) is 30.2. The Morgan fingerprint density at radius 3 is 2.44 bits per heavy atom. The van der Waals surface area contributed by atoms with Crippen molar-refractivity contribution in [1.82, 2.24) is 0 Å². The summed E-state index contributed by atoms with van der Waals surface area (Å²) in [5, 5.41) is 33.4. The van der Waals surface area contributed by atoms with E-state index >= 15 is 0 Å². The molecule has 0 aromatic carbocycles. The van der Waals surface area contributed by atoms with Crippen LogP contribution >= 0.6 is 0 Å². The highest BCUT2D eigenvalue weighted by atomic mass is 16.7. The molecule has 2 bridgehead atoms. The Kier molecular flexibility index (Phi) is 12.8. The predicted molar refractivity (Wildman–Crippen MR) is 152 cm³/mol. The van der Waals surface area contributed by atoms with Crippen LogP contribution in [0.15, 0.2) is 24.3 Å². The van der Waals surface area contributed by atoms with Crippen LogP contribution < -0.4 is 0 Å². The third kappa shape index (κ3) is 9.56. The highest BCUT2D eigenvalue weighted by Gasteiger charge is 2.49. The minimum absolute atomic E-state index is 0.0223. The summed E-state index contributed by atoms with van der Waals surface area (Å²) in [6.45, 7) is 7.68. The summed E-state index contributed by atoms with van der Waals surface area (Å²) < 4.78 is 35.3. The van der Waals surface area contributed by atoms with E-state index in [1.165, 1.54) is 14.2 Å². The summed E-state index contributed by atoms with van der Waals surface area (Å²) in [7, 11) is 2.97. The van der Waals surface area contributed by atoms with Gasteiger partial charge in [-0.1, -0.05) is 38.2 Å². The van der Waals surface area contributed by atoms with Crippen molar-refractivity contribution < 1.29 is 48.5 Å². The highest BCUT2D eigenvalue weighted by molar-refractivity contribution is 5.71. The Labute approximate surface area is 245 Å². The predicted octanol–water partition coefficient (Wildman–Crippen LogP) is 3.55. The van der Waals surface area contributed by atoms with Gasteiger partial charge in [-0.3, -0.25) is 4.79 Å².